The molecule has 0 radical (unpaired) electrons. The number of aliphatic carboxylic acids is 1. The SMILES string of the molecule is CC(C)CC(N)[11C](=O)O. The Morgan fingerprint density at radius 3 is 2.22 bits per heavy atom. The van der Waals surface area contributed by atoms with Crippen molar-refractivity contribution in [1.82, 2.24) is 0 Å². The minimum Gasteiger partial charge on any atom is -0.480 e. The molecule has 3 nitrogen and oxygen atoms in total. The van der Waals surface area contributed by atoms with Gasteiger partial charge in [-0.05, 0) is 12.3 Å². The molecular weight excluding hydrogens is 117 g/mol. The van der Waals surface area contributed by atoms with E-state index < -0.39 is 12.0 Å². The molecule has 3 N–H and O–H groups in total. The van der Waals surface area contributed by atoms with Crippen LogP contribution < -0.4 is 5.73 Å². The molecule has 0 saturated heterocycles. The second kappa shape index (κ2) is 3.45. The van der Waals surface area contributed by atoms with E-state index >= 15 is 0 Å². The van der Waals surface area contributed by atoms with E-state index in [0.29, 0.717) is 12.3 Å². The van der Waals surface area contributed by atoms with Gasteiger partial charge in [0.1, 0.15) is 6.04 Å². The molecule has 0 heterocycles. The van der Waals surface area contributed by atoms with E-state index in [0.717, 1.165) is 0 Å². The number of carbonyl (C=O) groups is 1. The van der Waals surface area contributed by atoms with Gasteiger partial charge in [0, 0.05) is 0 Å². The molecule has 0 amide bonds. The fourth-order valence-corrected chi connectivity index (χ4v) is 0.609. The van der Waals surface area contributed by atoms with Crippen LogP contribution in [-0.2, 0) is 4.79 Å². The van der Waals surface area contributed by atoms with Gasteiger partial charge < -0.3 is 10.8 Å². The predicted molar refractivity (Wildman–Crippen MR) is 35.1 cm³/mol. The number of hydrogen-bond acceptors (Lipinski definition) is 2. The highest BCUT2D eigenvalue weighted by Gasteiger charge is 2.11. The van der Waals surface area contributed by atoms with Gasteiger partial charge in [-0.15, -0.1) is 0 Å². The first-order chi connectivity index (χ1) is 4.04. The van der Waals surface area contributed by atoms with E-state index in [1.807, 2.05) is 13.8 Å². The summed E-state index contributed by atoms with van der Waals surface area (Å²) in [6.07, 6.45) is 0.551. The lowest BCUT2D eigenvalue weighted by Gasteiger charge is -2.07. The normalized spacial score (nSPS) is 13.8. The number of carboxylic acids is 1. The molecule has 0 aromatic rings. The lowest BCUT2D eigenvalue weighted by molar-refractivity contribution is -0.138. The lowest BCUT2D eigenvalue weighted by atomic mass is 9.88. The van der Waals surface area contributed by atoms with Crippen LogP contribution in [0.4, 0.5) is 0 Å². The van der Waals surface area contributed by atoms with Gasteiger partial charge in [-0.2, -0.15) is 0 Å². The van der Waals surface area contributed by atoms with Gasteiger partial charge in [0.25, 0.3) is 0 Å². The average Bonchev–Trinajstić information content (AvgIpc) is 1.63. The monoisotopic (exact) mass is 130 g/mol. The molecule has 0 rings (SSSR count). The number of carboxylic acid groups (broad SMARTS) is 1. The first-order valence-electron chi connectivity index (χ1n) is 3.02. The molecular formula is C6H13NO2. The molecule has 0 aromatic carbocycles. The Bertz CT molecular complexity index is 101. The van der Waals surface area contributed by atoms with Crippen molar-refractivity contribution >= 4 is 5.97 Å². The molecule has 0 aliphatic rings. The van der Waals surface area contributed by atoms with Crippen LogP contribution in [0.25, 0.3) is 0 Å². The Morgan fingerprint density at radius 2 is 2.11 bits per heavy atom. The van der Waals surface area contributed by atoms with Gasteiger partial charge in [-0.3, -0.25) is 4.79 Å². The third-order valence-corrected chi connectivity index (χ3v) is 1.04. The molecule has 54 valence electrons. The molecule has 0 fully saturated rings. The van der Waals surface area contributed by atoms with E-state index in [1.165, 1.54) is 0 Å². The first kappa shape index (κ1) is 8.43. The Kier molecular flexibility index (Phi) is 3.24. The van der Waals surface area contributed by atoms with E-state index in [4.69, 9.17) is 10.8 Å². The van der Waals surface area contributed by atoms with Crippen LogP contribution in [0.5, 0.6) is 0 Å². The highest BCUT2D eigenvalue weighted by atomic mass is 16.3. The van der Waals surface area contributed by atoms with Crippen molar-refractivity contribution in [3.05, 3.63) is 0 Å². The summed E-state index contributed by atoms with van der Waals surface area (Å²) >= 11 is 0. The van der Waals surface area contributed by atoms with Crippen molar-refractivity contribution in [1.29, 1.82) is 0 Å². The van der Waals surface area contributed by atoms with E-state index in [-0.39, 0.29) is 0 Å². The van der Waals surface area contributed by atoms with Crippen LogP contribution in [0.1, 0.15) is 20.3 Å². The van der Waals surface area contributed by atoms with Gasteiger partial charge >= 0.3 is 5.97 Å². The fraction of sp³-hybridized carbons (Fsp3) is 0.833. The van der Waals surface area contributed by atoms with Crippen LogP contribution >= 0.6 is 0 Å². The summed E-state index contributed by atoms with van der Waals surface area (Å²) in [4.78, 5) is 10.1. The van der Waals surface area contributed by atoms with E-state index in [9.17, 15) is 4.79 Å². The van der Waals surface area contributed by atoms with Gasteiger partial charge in [0.05, 0.1) is 0 Å². The topological polar surface area (TPSA) is 63.3 Å². The average molecular weight is 130 g/mol. The van der Waals surface area contributed by atoms with Crippen molar-refractivity contribution in [2.45, 2.75) is 26.3 Å². The maximum atomic E-state index is 10.1. The smallest absolute Gasteiger partial charge is 0.320 e. The third-order valence-electron chi connectivity index (χ3n) is 1.04. The summed E-state index contributed by atoms with van der Waals surface area (Å²) in [5, 5.41) is 8.31. The summed E-state index contributed by atoms with van der Waals surface area (Å²) in [7, 11) is 0. The van der Waals surface area contributed by atoms with E-state index in [1.54, 1.807) is 0 Å². The van der Waals surface area contributed by atoms with Crippen LogP contribution in [0, 0.1) is 5.92 Å². The summed E-state index contributed by atoms with van der Waals surface area (Å²) in [5.74, 6) is -0.556. The summed E-state index contributed by atoms with van der Waals surface area (Å²) in [5.41, 5.74) is 5.22. The van der Waals surface area contributed by atoms with Gasteiger partial charge in [-0.25, -0.2) is 0 Å². The van der Waals surface area contributed by atoms with Crippen LogP contribution in [0.15, 0.2) is 0 Å². The zero-order valence-electron chi connectivity index (χ0n) is 5.79. The molecule has 9 heavy (non-hydrogen) atoms. The first-order valence-corrected chi connectivity index (χ1v) is 3.02. The number of nitrogens with two attached hydrogens (primary N) is 1. The molecule has 0 aromatic heterocycles. The lowest BCUT2D eigenvalue weighted by Crippen LogP contribution is -2.31. The molecule has 3 heteroatoms. The number of rotatable bonds is 3. The molecule has 0 saturated carbocycles. The zero-order valence-corrected chi connectivity index (χ0v) is 5.79. The Labute approximate surface area is 54.9 Å². The Hall–Kier alpha value is -0.570. The van der Waals surface area contributed by atoms with E-state index in [2.05, 4.69) is 0 Å². The minimum atomic E-state index is -0.913. The largest absolute Gasteiger partial charge is 0.480 e. The van der Waals surface area contributed by atoms with Gasteiger partial charge in [0.2, 0.25) is 0 Å². The highest BCUT2D eigenvalue weighted by Crippen LogP contribution is 2.01. The standard InChI is InChI=1S/C6H13NO2/c1-4(2)3-5(7)6(8)9/h4-5H,3,7H2,1-2H3,(H,8,9)/i6-1. The third kappa shape index (κ3) is 3.97. The Morgan fingerprint density at radius 1 is 1.67 bits per heavy atom. The fourth-order valence-electron chi connectivity index (χ4n) is 0.609. The van der Waals surface area contributed by atoms with Crippen molar-refractivity contribution in [3.63, 3.8) is 0 Å². The highest BCUT2D eigenvalue weighted by molar-refractivity contribution is 5.72. The van der Waals surface area contributed by atoms with Crippen LogP contribution in [0.2, 0.25) is 0 Å². The maximum absolute atomic E-state index is 10.1. The zero-order chi connectivity index (χ0) is 7.44. The Balaban J connectivity index is 3.50. The maximum Gasteiger partial charge on any atom is 0.320 e. The van der Waals surface area contributed by atoms with Gasteiger partial charge in [0.15, 0.2) is 0 Å². The second-order valence-corrected chi connectivity index (χ2v) is 2.57. The second-order valence-electron chi connectivity index (χ2n) is 2.57. The molecule has 0 spiro atoms. The van der Waals surface area contributed by atoms with Crippen LogP contribution in [0.3, 0.4) is 0 Å². The minimum absolute atomic E-state index is 0.357. The molecule has 0 aliphatic carbocycles. The molecule has 1 unspecified atom stereocenters. The molecule has 0 bridgehead atoms. The van der Waals surface area contributed by atoms with Gasteiger partial charge in [-0.1, -0.05) is 13.8 Å². The van der Waals surface area contributed by atoms with Crippen molar-refractivity contribution in [3.8, 4) is 0 Å². The molecule has 0 aliphatic heterocycles. The van der Waals surface area contributed by atoms with Crippen LogP contribution in [-0.4, -0.2) is 17.1 Å². The molecule has 1 atom stereocenters. The summed E-state index contributed by atoms with van der Waals surface area (Å²) in [6.45, 7) is 3.89. The predicted octanol–water partition coefficient (Wildman–Crippen LogP) is 0.444. The quantitative estimate of drug-likeness (QED) is 0.582. The van der Waals surface area contributed by atoms with Crippen molar-refractivity contribution in [2.75, 3.05) is 0 Å². The summed E-state index contributed by atoms with van der Waals surface area (Å²) in [6, 6.07) is -0.690. The van der Waals surface area contributed by atoms with Crippen molar-refractivity contribution < 1.29 is 9.90 Å². The summed E-state index contributed by atoms with van der Waals surface area (Å²) < 4.78 is 0. The number of hydrogen-bond donors (Lipinski definition) is 2. The van der Waals surface area contributed by atoms with Crippen molar-refractivity contribution in [2.24, 2.45) is 11.7 Å².